The number of carbonyl (C=O) groups is 1. The molecule has 1 saturated heterocycles. The third-order valence-corrected chi connectivity index (χ3v) is 4.39. The van der Waals surface area contributed by atoms with Gasteiger partial charge < -0.3 is 15.7 Å². The minimum absolute atomic E-state index is 0.200. The van der Waals surface area contributed by atoms with Crippen molar-refractivity contribution < 1.29 is 14.8 Å². The summed E-state index contributed by atoms with van der Waals surface area (Å²) in [5, 5.41) is 8.76. The number of hydrogen-bond acceptors (Lipinski definition) is 3. The highest BCUT2D eigenvalue weighted by atomic mass is 16.4. The monoisotopic (exact) mass is 256 g/mol. The third-order valence-electron chi connectivity index (χ3n) is 4.39. The summed E-state index contributed by atoms with van der Waals surface area (Å²) in [4.78, 5) is 14.3. The van der Waals surface area contributed by atoms with Gasteiger partial charge in [0, 0.05) is 25.0 Å². The molecule has 0 aromatic rings. The molecular weight excluding hydrogens is 230 g/mol. The molecule has 4 N–H and O–H groups in total. The number of rotatable bonds is 4. The van der Waals surface area contributed by atoms with Crippen LogP contribution in [0.25, 0.3) is 0 Å². The Morgan fingerprint density at radius 3 is 2.39 bits per heavy atom. The van der Waals surface area contributed by atoms with Crippen molar-refractivity contribution in [2.24, 2.45) is 11.7 Å². The zero-order chi connectivity index (χ0) is 13.0. The van der Waals surface area contributed by atoms with Gasteiger partial charge in [-0.15, -0.1) is 0 Å². The van der Waals surface area contributed by atoms with Crippen LogP contribution in [0.4, 0.5) is 0 Å². The molecule has 0 radical (unpaired) electrons. The fraction of sp³-hybridized carbons (Fsp3) is 0.923. The second-order valence-electron chi connectivity index (χ2n) is 5.90. The van der Waals surface area contributed by atoms with Crippen LogP contribution in [0.1, 0.15) is 25.7 Å². The number of nitrogens with one attached hydrogen (secondary N) is 1. The number of hydrogen-bond donors (Lipinski definition) is 3. The molecule has 2 rings (SSSR count). The normalized spacial score (nSPS) is 31.4. The minimum atomic E-state index is -0.709. The van der Waals surface area contributed by atoms with Gasteiger partial charge in [0.2, 0.25) is 0 Å². The second kappa shape index (κ2) is 6.50. The largest absolute Gasteiger partial charge is 0.480 e. The number of piperazine rings is 1. The lowest BCUT2D eigenvalue weighted by Crippen LogP contribution is -3.15. The Balaban J connectivity index is 1.65. The van der Waals surface area contributed by atoms with Crippen LogP contribution in [0.15, 0.2) is 0 Å². The number of carboxylic acids is 1. The van der Waals surface area contributed by atoms with E-state index in [1.807, 2.05) is 4.90 Å². The third kappa shape index (κ3) is 4.23. The van der Waals surface area contributed by atoms with Gasteiger partial charge in [0.15, 0.2) is 0 Å². The highest BCUT2D eigenvalue weighted by molar-refractivity contribution is 5.69. The van der Waals surface area contributed by atoms with E-state index >= 15 is 0 Å². The summed E-state index contributed by atoms with van der Waals surface area (Å²) >= 11 is 0. The van der Waals surface area contributed by atoms with Crippen LogP contribution in [0.3, 0.4) is 0 Å². The molecule has 1 heterocycles. The summed E-state index contributed by atoms with van der Waals surface area (Å²) in [5.41, 5.74) is 5.93. The standard InChI is InChI=1S/C13H25N3O2/c14-12-3-1-11(2-4-12)9-15-5-7-16(8-6-15)10-13(17)18/h11-12H,1-10,14H2,(H,17,18)/p+1. The van der Waals surface area contributed by atoms with Crippen LogP contribution >= 0.6 is 0 Å². The van der Waals surface area contributed by atoms with Crippen molar-refractivity contribution in [3.63, 3.8) is 0 Å². The zero-order valence-electron chi connectivity index (χ0n) is 11.1. The number of carboxylic acid groups (broad SMARTS) is 1. The van der Waals surface area contributed by atoms with E-state index in [2.05, 4.69) is 0 Å². The highest BCUT2D eigenvalue weighted by Crippen LogP contribution is 2.21. The molecule has 1 saturated carbocycles. The summed E-state index contributed by atoms with van der Waals surface area (Å²) in [6, 6.07) is 0.434. The molecule has 0 aromatic carbocycles. The Bertz CT molecular complexity index is 269. The predicted octanol–water partition coefficient (Wildman–Crippen LogP) is -1.21. The quantitative estimate of drug-likeness (QED) is 0.590. The van der Waals surface area contributed by atoms with Crippen LogP contribution in [0.2, 0.25) is 0 Å². The average molecular weight is 256 g/mol. The van der Waals surface area contributed by atoms with E-state index in [0.29, 0.717) is 6.04 Å². The van der Waals surface area contributed by atoms with E-state index in [1.165, 1.54) is 32.2 Å². The van der Waals surface area contributed by atoms with Gasteiger partial charge in [-0.25, -0.2) is 0 Å². The Morgan fingerprint density at radius 2 is 1.83 bits per heavy atom. The molecule has 0 bridgehead atoms. The smallest absolute Gasteiger partial charge is 0.317 e. The van der Waals surface area contributed by atoms with Gasteiger partial charge in [0.05, 0.1) is 26.2 Å². The molecule has 0 aromatic heterocycles. The Morgan fingerprint density at radius 1 is 1.22 bits per heavy atom. The fourth-order valence-corrected chi connectivity index (χ4v) is 3.22. The first-order valence-corrected chi connectivity index (χ1v) is 7.17. The minimum Gasteiger partial charge on any atom is -0.480 e. The number of nitrogens with zero attached hydrogens (tertiary/aromatic N) is 1. The summed E-state index contributed by atoms with van der Waals surface area (Å²) in [6.07, 6.45) is 4.93. The Labute approximate surface area is 109 Å². The van der Waals surface area contributed by atoms with E-state index in [4.69, 9.17) is 10.8 Å². The first-order valence-electron chi connectivity index (χ1n) is 7.17. The molecule has 5 heteroatoms. The van der Waals surface area contributed by atoms with Gasteiger partial charge in [-0.1, -0.05) is 0 Å². The van der Waals surface area contributed by atoms with Gasteiger partial charge in [0.25, 0.3) is 0 Å². The lowest BCUT2D eigenvalue weighted by Gasteiger charge is -2.34. The second-order valence-corrected chi connectivity index (χ2v) is 5.90. The van der Waals surface area contributed by atoms with Crippen molar-refractivity contribution in [3.8, 4) is 0 Å². The molecule has 0 spiro atoms. The first-order chi connectivity index (χ1) is 8.63. The topological polar surface area (TPSA) is 71.0 Å². The number of aliphatic carboxylic acids is 1. The van der Waals surface area contributed by atoms with E-state index in [1.54, 1.807) is 4.90 Å². The fourth-order valence-electron chi connectivity index (χ4n) is 3.22. The molecule has 18 heavy (non-hydrogen) atoms. The zero-order valence-corrected chi connectivity index (χ0v) is 11.1. The van der Waals surface area contributed by atoms with Gasteiger partial charge in [-0.05, 0) is 25.7 Å². The van der Waals surface area contributed by atoms with Crippen molar-refractivity contribution in [3.05, 3.63) is 0 Å². The van der Waals surface area contributed by atoms with Crippen molar-refractivity contribution in [1.82, 2.24) is 4.90 Å². The molecule has 0 unspecified atom stereocenters. The van der Waals surface area contributed by atoms with Crippen molar-refractivity contribution >= 4 is 5.97 Å². The lowest BCUT2D eigenvalue weighted by molar-refractivity contribution is -0.908. The van der Waals surface area contributed by atoms with Crippen LogP contribution in [-0.2, 0) is 4.79 Å². The Kier molecular flexibility index (Phi) is 4.97. The summed E-state index contributed by atoms with van der Waals surface area (Å²) in [7, 11) is 0. The molecule has 0 amide bonds. The van der Waals surface area contributed by atoms with Crippen molar-refractivity contribution in [2.75, 3.05) is 39.3 Å². The molecule has 104 valence electrons. The average Bonchev–Trinajstić information content (AvgIpc) is 2.34. The maximum absolute atomic E-state index is 10.6. The van der Waals surface area contributed by atoms with Crippen LogP contribution < -0.4 is 10.6 Å². The van der Waals surface area contributed by atoms with E-state index < -0.39 is 5.97 Å². The SMILES string of the molecule is NC1CCC(C[NH+]2CCN(CC(=O)O)CC2)CC1. The van der Waals surface area contributed by atoms with Crippen LogP contribution in [0, 0.1) is 5.92 Å². The van der Waals surface area contributed by atoms with E-state index in [-0.39, 0.29) is 6.54 Å². The van der Waals surface area contributed by atoms with Gasteiger partial charge in [0.1, 0.15) is 0 Å². The Hall–Kier alpha value is -0.650. The molecule has 2 aliphatic rings. The molecular formula is C13H26N3O2+. The summed E-state index contributed by atoms with van der Waals surface area (Å²) in [5.74, 6) is 0.130. The lowest BCUT2D eigenvalue weighted by atomic mass is 9.86. The van der Waals surface area contributed by atoms with Crippen molar-refractivity contribution in [2.45, 2.75) is 31.7 Å². The molecule has 1 aliphatic heterocycles. The van der Waals surface area contributed by atoms with Gasteiger partial charge >= 0.3 is 5.97 Å². The highest BCUT2D eigenvalue weighted by Gasteiger charge is 2.26. The van der Waals surface area contributed by atoms with E-state index in [0.717, 1.165) is 32.1 Å². The van der Waals surface area contributed by atoms with Gasteiger partial charge in [-0.2, -0.15) is 0 Å². The maximum Gasteiger partial charge on any atom is 0.317 e. The number of quaternary nitrogens is 1. The van der Waals surface area contributed by atoms with E-state index in [9.17, 15) is 4.79 Å². The predicted molar refractivity (Wildman–Crippen MR) is 69.6 cm³/mol. The van der Waals surface area contributed by atoms with Crippen LogP contribution in [0.5, 0.6) is 0 Å². The molecule has 1 aliphatic carbocycles. The number of nitrogens with two attached hydrogens (primary N) is 1. The van der Waals surface area contributed by atoms with Gasteiger partial charge in [-0.3, -0.25) is 9.69 Å². The van der Waals surface area contributed by atoms with Crippen LogP contribution in [-0.4, -0.2) is 61.3 Å². The summed E-state index contributed by atoms with van der Waals surface area (Å²) < 4.78 is 0. The maximum atomic E-state index is 10.6. The molecule has 2 fully saturated rings. The molecule has 0 atom stereocenters. The molecule has 5 nitrogen and oxygen atoms in total. The summed E-state index contributed by atoms with van der Waals surface area (Å²) in [6.45, 7) is 5.49. The first kappa shape index (κ1) is 13.8. The van der Waals surface area contributed by atoms with Crippen molar-refractivity contribution in [1.29, 1.82) is 0 Å².